The minimum absolute atomic E-state index is 0.243. The van der Waals surface area contributed by atoms with Crippen molar-refractivity contribution >= 4 is 22.4 Å². The first-order valence-electron chi connectivity index (χ1n) is 5.86. The summed E-state index contributed by atoms with van der Waals surface area (Å²) in [4.78, 5) is 16.2. The minimum atomic E-state index is -0.688. The third-order valence-electron chi connectivity index (χ3n) is 2.68. The zero-order chi connectivity index (χ0) is 12.9. The second kappa shape index (κ2) is 6.00. The molecule has 0 spiro atoms. The molecule has 96 valence electrons. The van der Waals surface area contributed by atoms with Crippen LogP contribution in [0.15, 0.2) is 5.38 Å². The van der Waals surface area contributed by atoms with Crippen molar-refractivity contribution in [2.24, 2.45) is 0 Å². The Hall–Kier alpha value is -1.10. The number of thiazole rings is 1. The lowest BCUT2D eigenvalue weighted by Crippen LogP contribution is -2.44. The zero-order valence-electron chi connectivity index (χ0n) is 10.9. The molecule has 1 heterocycles. The predicted molar refractivity (Wildman–Crippen MR) is 70.4 cm³/mol. The largest absolute Gasteiger partial charge is 0.467 e. The maximum atomic E-state index is 11.8. The first-order valence-corrected chi connectivity index (χ1v) is 6.74. The number of nitrogens with one attached hydrogen (secondary N) is 1. The van der Waals surface area contributed by atoms with Crippen LogP contribution in [0.2, 0.25) is 0 Å². The van der Waals surface area contributed by atoms with Gasteiger partial charge in [-0.25, -0.2) is 9.78 Å². The van der Waals surface area contributed by atoms with Crippen LogP contribution < -0.4 is 5.32 Å². The highest BCUT2D eigenvalue weighted by Crippen LogP contribution is 2.24. The molecule has 1 rings (SSSR count). The summed E-state index contributed by atoms with van der Waals surface area (Å²) in [5, 5.41) is 5.98. The van der Waals surface area contributed by atoms with Crippen LogP contribution in [-0.4, -0.2) is 23.6 Å². The summed E-state index contributed by atoms with van der Waals surface area (Å²) in [6.07, 6.45) is 2.53. The van der Waals surface area contributed by atoms with Crippen LogP contribution in [0, 0.1) is 0 Å². The standard InChI is InChI=1S/C12H20N2O2S/c1-5-7-12(3,10(15)16-4)14-11-13-9(6-2)8-17-11/h8H,5-7H2,1-4H3,(H,13,14). The van der Waals surface area contributed by atoms with Gasteiger partial charge in [-0.2, -0.15) is 0 Å². The summed E-state index contributed by atoms with van der Waals surface area (Å²) >= 11 is 1.52. The van der Waals surface area contributed by atoms with Crippen molar-refractivity contribution in [3.8, 4) is 0 Å². The molecule has 17 heavy (non-hydrogen) atoms. The lowest BCUT2D eigenvalue weighted by Gasteiger charge is -2.27. The number of esters is 1. The van der Waals surface area contributed by atoms with Crippen molar-refractivity contribution in [2.45, 2.75) is 45.6 Å². The fourth-order valence-corrected chi connectivity index (χ4v) is 2.62. The van der Waals surface area contributed by atoms with Crippen molar-refractivity contribution in [1.82, 2.24) is 4.98 Å². The van der Waals surface area contributed by atoms with Gasteiger partial charge in [0.05, 0.1) is 12.8 Å². The Morgan fingerprint density at radius 1 is 1.59 bits per heavy atom. The van der Waals surface area contributed by atoms with E-state index in [1.54, 1.807) is 0 Å². The fraction of sp³-hybridized carbons (Fsp3) is 0.667. The van der Waals surface area contributed by atoms with Crippen molar-refractivity contribution in [2.75, 3.05) is 12.4 Å². The summed E-state index contributed by atoms with van der Waals surface area (Å²) in [7, 11) is 1.41. The second-order valence-corrected chi connectivity index (χ2v) is 5.05. The lowest BCUT2D eigenvalue weighted by atomic mass is 9.97. The average molecular weight is 256 g/mol. The van der Waals surface area contributed by atoms with Gasteiger partial charge >= 0.3 is 5.97 Å². The third-order valence-corrected chi connectivity index (χ3v) is 3.49. The summed E-state index contributed by atoms with van der Waals surface area (Å²) in [6.45, 7) is 5.96. The highest BCUT2D eigenvalue weighted by molar-refractivity contribution is 7.13. The van der Waals surface area contributed by atoms with E-state index in [2.05, 4.69) is 17.2 Å². The molecule has 1 unspecified atom stereocenters. The van der Waals surface area contributed by atoms with E-state index in [0.717, 1.165) is 30.1 Å². The molecular weight excluding hydrogens is 236 g/mol. The van der Waals surface area contributed by atoms with E-state index in [9.17, 15) is 4.79 Å². The van der Waals surface area contributed by atoms with Gasteiger partial charge in [-0.3, -0.25) is 0 Å². The molecule has 0 radical (unpaired) electrons. The van der Waals surface area contributed by atoms with E-state index in [4.69, 9.17) is 4.74 Å². The Labute approximate surface area is 106 Å². The summed E-state index contributed by atoms with van der Waals surface area (Å²) in [5.41, 5.74) is 0.355. The van der Waals surface area contributed by atoms with E-state index in [0.29, 0.717) is 0 Å². The van der Waals surface area contributed by atoms with Gasteiger partial charge in [-0.1, -0.05) is 20.3 Å². The van der Waals surface area contributed by atoms with Crippen LogP contribution >= 0.6 is 11.3 Å². The monoisotopic (exact) mass is 256 g/mol. The molecule has 0 aliphatic rings. The summed E-state index contributed by atoms with van der Waals surface area (Å²) in [5.74, 6) is -0.243. The second-order valence-electron chi connectivity index (χ2n) is 4.20. The van der Waals surface area contributed by atoms with Crippen molar-refractivity contribution in [3.05, 3.63) is 11.1 Å². The van der Waals surface area contributed by atoms with Gasteiger partial charge in [-0.05, 0) is 19.8 Å². The number of hydrogen-bond donors (Lipinski definition) is 1. The smallest absolute Gasteiger partial charge is 0.331 e. The maximum Gasteiger partial charge on any atom is 0.331 e. The molecule has 4 nitrogen and oxygen atoms in total. The lowest BCUT2D eigenvalue weighted by molar-refractivity contribution is -0.145. The normalized spacial score (nSPS) is 14.1. The number of methoxy groups -OCH3 is 1. The van der Waals surface area contributed by atoms with Crippen LogP contribution in [0.1, 0.15) is 39.3 Å². The van der Waals surface area contributed by atoms with Crippen molar-refractivity contribution in [3.63, 3.8) is 0 Å². The number of aryl methyl sites for hydroxylation is 1. The topological polar surface area (TPSA) is 51.2 Å². The van der Waals surface area contributed by atoms with Crippen molar-refractivity contribution < 1.29 is 9.53 Å². The van der Waals surface area contributed by atoms with Crippen LogP contribution in [0.25, 0.3) is 0 Å². The highest BCUT2D eigenvalue weighted by atomic mass is 32.1. The zero-order valence-corrected chi connectivity index (χ0v) is 11.7. The van der Waals surface area contributed by atoms with Crippen LogP contribution in [-0.2, 0) is 16.0 Å². The molecule has 0 aliphatic heterocycles. The number of rotatable bonds is 6. The molecule has 1 N–H and O–H groups in total. The number of nitrogens with zero attached hydrogens (tertiary/aromatic N) is 1. The van der Waals surface area contributed by atoms with E-state index in [1.807, 2.05) is 19.2 Å². The average Bonchev–Trinajstić information content (AvgIpc) is 2.75. The molecule has 0 bridgehead atoms. The quantitative estimate of drug-likeness (QED) is 0.795. The Bertz CT molecular complexity index is 378. The number of carbonyl (C=O) groups excluding carboxylic acids is 1. The van der Waals surface area contributed by atoms with E-state index in [-0.39, 0.29) is 5.97 Å². The Kier molecular flexibility index (Phi) is 4.93. The van der Waals surface area contributed by atoms with Gasteiger partial charge in [0.2, 0.25) is 0 Å². The van der Waals surface area contributed by atoms with Gasteiger partial charge in [-0.15, -0.1) is 11.3 Å². The van der Waals surface area contributed by atoms with Crippen LogP contribution in [0.5, 0.6) is 0 Å². The SMILES string of the molecule is CCCC(C)(Nc1nc(CC)cs1)C(=O)OC. The van der Waals surface area contributed by atoms with E-state index >= 15 is 0 Å². The van der Waals surface area contributed by atoms with Gasteiger partial charge < -0.3 is 10.1 Å². The Balaban J connectivity index is 2.82. The number of aromatic nitrogens is 1. The third kappa shape index (κ3) is 3.43. The fourth-order valence-electron chi connectivity index (χ4n) is 1.70. The first-order chi connectivity index (χ1) is 8.05. The maximum absolute atomic E-state index is 11.8. The van der Waals surface area contributed by atoms with Gasteiger partial charge in [0.25, 0.3) is 0 Å². The summed E-state index contributed by atoms with van der Waals surface area (Å²) in [6, 6.07) is 0. The molecule has 1 aromatic heterocycles. The van der Waals surface area contributed by atoms with Gasteiger partial charge in [0.1, 0.15) is 5.54 Å². The molecular formula is C12H20N2O2S. The van der Waals surface area contributed by atoms with Crippen LogP contribution in [0.4, 0.5) is 5.13 Å². The molecule has 0 saturated carbocycles. The molecule has 0 amide bonds. The van der Waals surface area contributed by atoms with Crippen molar-refractivity contribution in [1.29, 1.82) is 0 Å². The molecule has 0 fully saturated rings. The van der Waals surface area contributed by atoms with Crippen LogP contribution in [0.3, 0.4) is 0 Å². The number of hydrogen-bond acceptors (Lipinski definition) is 5. The Morgan fingerprint density at radius 3 is 2.76 bits per heavy atom. The number of ether oxygens (including phenoxy) is 1. The predicted octanol–water partition coefficient (Wildman–Crippen LogP) is 2.85. The molecule has 5 heteroatoms. The molecule has 0 saturated heterocycles. The minimum Gasteiger partial charge on any atom is -0.467 e. The molecule has 0 aliphatic carbocycles. The van der Waals surface area contributed by atoms with E-state index in [1.165, 1.54) is 18.4 Å². The van der Waals surface area contributed by atoms with E-state index < -0.39 is 5.54 Å². The number of carbonyl (C=O) groups is 1. The van der Waals surface area contributed by atoms with Gasteiger partial charge in [0, 0.05) is 5.38 Å². The Morgan fingerprint density at radius 2 is 2.29 bits per heavy atom. The number of anilines is 1. The molecule has 0 aromatic carbocycles. The first kappa shape index (κ1) is 14.0. The summed E-state index contributed by atoms with van der Waals surface area (Å²) < 4.78 is 4.85. The highest BCUT2D eigenvalue weighted by Gasteiger charge is 2.34. The molecule has 1 aromatic rings. The molecule has 1 atom stereocenters. The van der Waals surface area contributed by atoms with Gasteiger partial charge in [0.15, 0.2) is 5.13 Å².